The highest BCUT2D eigenvalue weighted by Crippen LogP contribution is 2.29. The number of rotatable bonds is 6. The van der Waals surface area contributed by atoms with Crippen molar-refractivity contribution in [1.82, 2.24) is 15.1 Å². The Morgan fingerprint density at radius 3 is 2.90 bits per heavy atom. The molecule has 0 spiro atoms. The second-order valence-corrected chi connectivity index (χ2v) is 5.55. The zero-order valence-electron chi connectivity index (χ0n) is 11.7. The molecule has 5 heteroatoms. The van der Waals surface area contributed by atoms with Gasteiger partial charge in [-0.25, -0.2) is 4.39 Å². The van der Waals surface area contributed by atoms with E-state index in [1.54, 1.807) is 12.1 Å². The SMILES string of the molecule is CCCn1cc(C(NCC)c2cc(F)ccc2Br)cn1. The molecule has 1 atom stereocenters. The van der Waals surface area contributed by atoms with Crippen molar-refractivity contribution in [3.8, 4) is 0 Å². The van der Waals surface area contributed by atoms with Crippen molar-refractivity contribution in [1.29, 1.82) is 0 Å². The molecule has 0 fully saturated rings. The van der Waals surface area contributed by atoms with Gasteiger partial charge < -0.3 is 5.32 Å². The molecule has 3 nitrogen and oxygen atoms in total. The van der Waals surface area contributed by atoms with Gasteiger partial charge in [-0.1, -0.05) is 29.8 Å². The number of benzene rings is 1. The zero-order valence-corrected chi connectivity index (χ0v) is 13.3. The van der Waals surface area contributed by atoms with Crippen LogP contribution in [0.3, 0.4) is 0 Å². The van der Waals surface area contributed by atoms with Crippen LogP contribution in [0.4, 0.5) is 4.39 Å². The molecule has 1 unspecified atom stereocenters. The van der Waals surface area contributed by atoms with E-state index < -0.39 is 0 Å². The molecule has 0 aliphatic heterocycles. The second-order valence-electron chi connectivity index (χ2n) is 4.69. The molecule has 1 N–H and O–H groups in total. The standard InChI is InChI=1S/C15H19BrFN3/c1-3-7-20-10-11(9-19-20)15(18-4-2)13-8-12(17)5-6-14(13)16/h5-6,8-10,15,18H,3-4,7H2,1-2H3. The first-order chi connectivity index (χ1) is 9.65. The third-order valence-electron chi connectivity index (χ3n) is 3.12. The molecule has 0 saturated carbocycles. The Morgan fingerprint density at radius 1 is 1.40 bits per heavy atom. The monoisotopic (exact) mass is 339 g/mol. The fourth-order valence-corrected chi connectivity index (χ4v) is 2.70. The number of aromatic nitrogens is 2. The first kappa shape index (κ1) is 15.2. The average molecular weight is 340 g/mol. The number of hydrogen-bond acceptors (Lipinski definition) is 2. The van der Waals surface area contributed by atoms with Crippen molar-refractivity contribution >= 4 is 15.9 Å². The molecule has 1 aromatic carbocycles. The van der Waals surface area contributed by atoms with Crippen LogP contribution in [0.5, 0.6) is 0 Å². The van der Waals surface area contributed by atoms with E-state index in [4.69, 9.17) is 0 Å². The number of nitrogens with zero attached hydrogens (tertiary/aromatic N) is 2. The summed E-state index contributed by atoms with van der Waals surface area (Å²) in [5.74, 6) is -0.230. The highest BCUT2D eigenvalue weighted by atomic mass is 79.9. The van der Waals surface area contributed by atoms with E-state index in [1.807, 2.05) is 24.0 Å². The van der Waals surface area contributed by atoms with Crippen LogP contribution < -0.4 is 5.32 Å². The molecule has 2 aromatic rings. The largest absolute Gasteiger partial charge is 0.306 e. The fourth-order valence-electron chi connectivity index (χ4n) is 2.23. The van der Waals surface area contributed by atoms with Gasteiger partial charge in [-0.2, -0.15) is 5.10 Å². The van der Waals surface area contributed by atoms with E-state index >= 15 is 0 Å². The lowest BCUT2D eigenvalue weighted by atomic mass is 10.0. The lowest BCUT2D eigenvalue weighted by Gasteiger charge is -2.18. The van der Waals surface area contributed by atoms with Crippen LogP contribution in [0, 0.1) is 5.82 Å². The lowest BCUT2D eigenvalue weighted by Crippen LogP contribution is -2.22. The highest BCUT2D eigenvalue weighted by molar-refractivity contribution is 9.10. The van der Waals surface area contributed by atoms with Gasteiger partial charge in [0.2, 0.25) is 0 Å². The quantitative estimate of drug-likeness (QED) is 0.865. The second kappa shape index (κ2) is 6.99. The summed E-state index contributed by atoms with van der Waals surface area (Å²) in [6.45, 7) is 5.85. The summed E-state index contributed by atoms with van der Waals surface area (Å²) >= 11 is 3.50. The molecule has 0 radical (unpaired) electrons. The molecule has 0 bridgehead atoms. The van der Waals surface area contributed by atoms with E-state index in [1.165, 1.54) is 6.07 Å². The first-order valence-electron chi connectivity index (χ1n) is 6.86. The molecule has 0 aliphatic rings. The third-order valence-corrected chi connectivity index (χ3v) is 3.84. The summed E-state index contributed by atoms with van der Waals surface area (Å²) in [5, 5.41) is 7.74. The van der Waals surface area contributed by atoms with Crippen molar-refractivity contribution in [2.24, 2.45) is 0 Å². The van der Waals surface area contributed by atoms with Crippen LogP contribution in [0.25, 0.3) is 0 Å². The van der Waals surface area contributed by atoms with Crippen LogP contribution in [0.2, 0.25) is 0 Å². The molecule has 20 heavy (non-hydrogen) atoms. The maximum atomic E-state index is 13.5. The first-order valence-corrected chi connectivity index (χ1v) is 7.65. The zero-order chi connectivity index (χ0) is 14.5. The molecule has 0 saturated heterocycles. The van der Waals surface area contributed by atoms with E-state index in [9.17, 15) is 4.39 Å². The van der Waals surface area contributed by atoms with Crippen LogP contribution in [-0.4, -0.2) is 16.3 Å². The van der Waals surface area contributed by atoms with Gasteiger partial charge in [0.1, 0.15) is 5.82 Å². The molecule has 0 aliphatic carbocycles. The molecular formula is C15H19BrFN3. The van der Waals surface area contributed by atoms with Crippen molar-refractivity contribution < 1.29 is 4.39 Å². The maximum Gasteiger partial charge on any atom is 0.123 e. The van der Waals surface area contributed by atoms with E-state index in [0.29, 0.717) is 0 Å². The van der Waals surface area contributed by atoms with Crippen molar-refractivity contribution in [3.63, 3.8) is 0 Å². The Balaban J connectivity index is 2.36. The van der Waals surface area contributed by atoms with Gasteiger partial charge in [0, 0.05) is 22.8 Å². The summed E-state index contributed by atoms with van der Waals surface area (Å²) < 4.78 is 16.3. The highest BCUT2D eigenvalue weighted by Gasteiger charge is 2.18. The summed E-state index contributed by atoms with van der Waals surface area (Å²) in [6.07, 6.45) is 4.91. The molecule has 108 valence electrons. The average Bonchev–Trinajstić information content (AvgIpc) is 2.88. The minimum absolute atomic E-state index is 0.0596. The van der Waals surface area contributed by atoms with Crippen LogP contribution in [0.1, 0.15) is 37.4 Å². The lowest BCUT2D eigenvalue weighted by molar-refractivity contribution is 0.592. The third kappa shape index (κ3) is 3.46. The number of aryl methyl sites for hydroxylation is 1. The molecule has 1 heterocycles. The molecule has 1 aromatic heterocycles. The van der Waals surface area contributed by atoms with Crippen LogP contribution >= 0.6 is 15.9 Å². The van der Waals surface area contributed by atoms with Gasteiger partial charge in [0.25, 0.3) is 0 Å². The molecular weight excluding hydrogens is 321 g/mol. The Kier molecular flexibility index (Phi) is 5.31. The maximum absolute atomic E-state index is 13.5. The van der Waals surface area contributed by atoms with Gasteiger partial charge in [0.05, 0.1) is 12.2 Å². The van der Waals surface area contributed by atoms with Crippen molar-refractivity contribution in [2.45, 2.75) is 32.9 Å². The Morgan fingerprint density at radius 2 is 2.20 bits per heavy atom. The Hall–Kier alpha value is -1.20. The number of nitrogens with one attached hydrogen (secondary N) is 1. The summed E-state index contributed by atoms with van der Waals surface area (Å²) in [7, 11) is 0. The smallest absolute Gasteiger partial charge is 0.123 e. The number of hydrogen-bond donors (Lipinski definition) is 1. The van der Waals surface area contributed by atoms with Crippen LogP contribution in [-0.2, 0) is 6.54 Å². The minimum atomic E-state index is -0.230. The van der Waals surface area contributed by atoms with Gasteiger partial charge in [-0.05, 0) is 36.7 Å². The summed E-state index contributed by atoms with van der Waals surface area (Å²) in [4.78, 5) is 0. The Labute approximate surface area is 127 Å². The normalized spacial score (nSPS) is 12.6. The van der Waals surface area contributed by atoms with Crippen LogP contribution in [0.15, 0.2) is 35.1 Å². The minimum Gasteiger partial charge on any atom is -0.306 e. The van der Waals surface area contributed by atoms with Crippen molar-refractivity contribution in [3.05, 3.63) is 52.0 Å². The Bertz CT molecular complexity index is 568. The summed E-state index contributed by atoms with van der Waals surface area (Å²) in [6, 6.07) is 4.70. The van der Waals surface area contributed by atoms with Crippen molar-refractivity contribution in [2.75, 3.05) is 6.54 Å². The predicted octanol–water partition coefficient (Wildman–Crippen LogP) is 3.89. The van der Waals surface area contributed by atoms with Gasteiger partial charge >= 0.3 is 0 Å². The number of halogens is 2. The van der Waals surface area contributed by atoms with E-state index in [2.05, 4.69) is 33.3 Å². The molecule has 0 amide bonds. The fraction of sp³-hybridized carbons (Fsp3) is 0.400. The van der Waals surface area contributed by atoms with E-state index in [0.717, 1.165) is 35.1 Å². The predicted molar refractivity (Wildman–Crippen MR) is 82.1 cm³/mol. The van der Waals surface area contributed by atoms with Gasteiger partial charge in [-0.3, -0.25) is 4.68 Å². The topological polar surface area (TPSA) is 29.9 Å². The molecule has 2 rings (SSSR count). The summed E-state index contributed by atoms with van der Waals surface area (Å²) in [5.41, 5.74) is 1.94. The van der Waals surface area contributed by atoms with Gasteiger partial charge in [-0.15, -0.1) is 0 Å². The van der Waals surface area contributed by atoms with Gasteiger partial charge in [0.15, 0.2) is 0 Å². The van der Waals surface area contributed by atoms with E-state index in [-0.39, 0.29) is 11.9 Å².